The second-order valence-corrected chi connectivity index (χ2v) is 7.09. The summed E-state index contributed by atoms with van der Waals surface area (Å²) in [7, 11) is 0. The Morgan fingerprint density at radius 2 is 2.22 bits per heavy atom. The number of rotatable bonds is 6. The van der Waals surface area contributed by atoms with Crippen molar-refractivity contribution in [1.82, 2.24) is 15.3 Å². The zero-order valence-corrected chi connectivity index (χ0v) is 14.3. The van der Waals surface area contributed by atoms with Crippen molar-refractivity contribution in [3.63, 3.8) is 0 Å². The molecule has 1 aliphatic rings. The Labute approximate surface area is 141 Å². The number of carbonyl (C=O) groups is 1. The van der Waals surface area contributed by atoms with Gasteiger partial charge in [0, 0.05) is 30.5 Å². The van der Waals surface area contributed by atoms with Crippen LogP contribution in [0.2, 0.25) is 0 Å². The van der Waals surface area contributed by atoms with Crippen molar-refractivity contribution in [3.05, 3.63) is 35.5 Å². The molecule has 1 unspecified atom stereocenters. The molecule has 5 heteroatoms. The van der Waals surface area contributed by atoms with Crippen molar-refractivity contribution in [2.45, 2.75) is 39.0 Å². The molecule has 2 aromatic heterocycles. The Morgan fingerprint density at radius 3 is 2.96 bits per heavy atom. The van der Waals surface area contributed by atoms with E-state index in [9.17, 15) is 4.79 Å². The highest BCUT2D eigenvalue weighted by molar-refractivity contribution is 7.13. The largest absolute Gasteiger partial charge is 0.355 e. The minimum atomic E-state index is 0.136. The molecule has 0 aromatic carbocycles. The van der Waals surface area contributed by atoms with Crippen LogP contribution >= 0.6 is 11.3 Å². The zero-order valence-electron chi connectivity index (χ0n) is 13.5. The fourth-order valence-corrected chi connectivity index (χ4v) is 4.00. The first-order valence-electron chi connectivity index (χ1n) is 8.37. The topological polar surface area (TPSA) is 54.9 Å². The van der Waals surface area contributed by atoms with Crippen molar-refractivity contribution < 1.29 is 4.79 Å². The number of pyridine rings is 1. The molecule has 0 saturated heterocycles. The molecule has 3 rings (SSSR count). The first-order chi connectivity index (χ1) is 11.2. The molecule has 1 atom stereocenters. The lowest BCUT2D eigenvalue weighted by molar-refractivity contribution is -0.125. The minimum absolute atomic E-state index is 0.136. The third-order valence-electron chi connectivity index (χ3n) is 4.64. The molecular weight excluding hydrogens is 306 g/mol. The van der Waals surface area contributed by atoms with E-state index in [0.29, 0.717) is 12.5 Å². The number of nitrogens with zero attached hydrogens (tertiary/aromatic N) is 2. The molecule has 2 heterocycles. The third-order valence-corrected chi connectivity index (χ3v) is 5.55. The van der Waals surface area contributed by atoms with E-state index in [4.69, 9.17) is 0 Å². The average molecular weight is 329 g/mol. The fraction of sp³-hybridized carbons (Fsp3) is 0.500. The molecular formula is C18H23N3OS. The Balaban J connectivity index is 1.47. The van der Waals surface area contributed by atoms with Gasteiger partial charge < -0.3 is 5.32 Å². The predicted octanol–water partition coefficient (Wildman–Crippen LogP) is 3.69. The number of thiazole rings is 1. The number of hydrogen-bond acceptors (Lipinski definition) is 4. The van der Waals surface area contributed by atoms with Gasteiger partial charge in [-0.25, -0.2) is 4.98 Å². The second kappa shape index (κ2) is 7.68. The Morgan fingerprint density at radius 1 is 1.39 bits per heavy atom. The molecule has 23 heavy (non-hydrogen) atoms. The highest BCUT2D eigenvalue weighted by Crippen LogP contribution is 2.31. The molecule has 0 spiro atoms. The van der Waals surface area contributed by atoms with Crippen LogP contribution in [0.25, 0.3) is 10.7 Å². The van der Waals surface area contributed by atoms with Crippen molar-refractivity contribution in [2.24, 2.45) is 11.8 Å². The van der Waals surface area contributed by atoms with Crippen LogP contribution < -0.4 is 5.32 Å². The average Bonchev–Trinajstić information content (AvgIpc) is 3.27. The van der Waals surface area contributed by atoms with Crippen LogP contribution in [0.15, 0.2) is 29.8 Å². The van der Waals surface area contributed by atoms with Crippen molar-refractivity contribution in [3.8, 4) is 10.7 Å². The number of carbonyl (C=O) groups excluding carboxylic acids is 1. The predicted molar refractivity (Wildman–Crippen MR) is 93.2 cm³/mol. The molecule has 0 aliphatic heterocycles. The van der Waals surface area contributed by atoms with Crippen LogP contribution in [0.3, 0.4) is 0 Å². The summed E-state index contributed by atoms with van der Waals surface area (Å²) in [5.74, 6) is 0.902. The Bertz CT molecular complexity index is 635. The van der Waals surface area contributed by atoms with Gasteiger partial charge in [-0.2, -0.15) is 0 Å². The maximum Gasteiger partial charge on any atom is 0.223 e. The van der Waals surface area contributed by atoms with Crippen LogP contribution in [0.4, 0.5) is 0 Å². The van der Waals surface area contributed by atoms with Crippen LogP contribution in [0.1, 0.15) is 38.3 Å². The molecule has 1 amide bonds. The SMILES string of the molecule is CC(C(=O)NCCc1csc(-c2ccccn2)n1)C1CCCC1. The summed E-state index contributed by atoms with van der Waals surface area (Å²) in [6, 6.07) is 5.83. The van der Waals surface area contributed by atoms with E-state index < -0.39 is 0 Å². The normalized spacial score (nSPS) is 16.4. The molecule has 1 fully saturated rings. The summed E-state index contributed by atoms with van der Waals surface area (Å²) in [5.41, 5.74) is 1.92. The minimum Gasteiger partial charge on any atom is -0.355 e. The quantitative estimate of drug-likeness (QED) is 0.879. The molecule has 0 bridgehead atoms. The zero-order chi connectivity index (χ0) is 16.1. The van der Waals surface area contributed by atoms with Crippen molar-refractivity contribution in [1.29, 1.82) is 0 Å². The third kappa shape index (κ3) is 4.16. The van der Waals surface area contributed by atoms with Crippen LogP contribution in [-0.4, -0.2) is 22.4 Å². The Hall–Kier alpha value is -1.75. The molecule has 0 radical (unpaired) electrons. The van der Waals surface area contributed by atoms with Gasteiger partial charge in [0.2, 0.25) is 5.91 Å². The molecule has 4 nitrogen and oxygen atoms in total. The van der Waals surface area contributed by atoms with Crippen molar-refractivity contribution >= 4 is 17.2 Å². The highest BCUT2D eigenvalue weighted by atomic mass is 32.1. The molecule has 2 aromatic rings. The van der Waals surface area contributed by atoms with Gasteiger partial charge in [-0.15, -0.1) is 11.3 Å². The summed E-state index contributed by atoms with van der Waals surface area (Å²) in [6.45, 7) is 2.72. The molecule has 1 saturated carbocycles. The van der Waals surface area contributed by atoms with Crippen LogP contribution in [0, 0.1) is 11.8 Å². The molecule has 1 aliphatic carbocycles. The standard InChI is InChI=1S/C18H23N3OS/c1-13(14-6-2-3-7-14)17(22)20-11-9-15-12-23-18(21-15)16-8-4-5-10-19-16/h4-5,8,10,12-14H,2-3,6-7,9,11H2,1H3,(H,20,22). The molecule has 1 N–H and O–H groups in total. The monoisotopic (exact) mass is 329 g/mol. The summed E-state index contributed by atoms with van der Waals surface area (Å²) in [6.07, 6.45) is 7.50. The Kier molecular flexibility index (Phi) is 5.39. The first-order valence-corrected chi connectivity index (χ1v) is 9.25. The molecule has 122 valence electrons. The van der Waals surface area contributed by atoms with Gasteiger partial charge in [-0.05, 0) is 30.9 Å². The fourth-order valence-electron chi connectivity index (χ4n) is 3.17. The summed E-state index contributed by atoms with van der Waals surface area (Å²) < 4.78 is 0. The smallest absolute Gasteiger partial charge is 0.223 e. The van der Waals surface area contributed by atoms with Gasteiger partial charge in [0.25, 0.3) is 0 Å². The van der Waals surface area contributed by atoms with Gasteiger partial charge in [0.1, 0.15) is 5.01 Å². The van der Waals surface area contributed by atoms with Crippen LogP contribution in [-0.2, 0) is 11.2 Å². The van der Waals surface area contributed by atoms with E-state index in [-0.39, 0.29) is 11.8 Å². The van der Waals surface area contributed by atoms with E-state index >= 15 is 0 Å². The maximum absolute atomic E-state index is 12.2. The second-order valence-electron chi connectivity index (χ2n) is 6.23. The van der Waals surface area contributed by atoms with Gasteiger partial charge >= 0.3 is 0 Å². The van der Waals surface area contributed by atoms with Crippen LogP contribution in [0.5, 0.6) is 0 Å². The van der Waals surface area contributed by atoms with Gasteiger partial charge in [-0.1, -0.05) is 25.8 Å². The summed E-state index contributed by atoms with van der Waals surface area (Å²) in [5, 5.41) is 6.06. The first kappa shape index (κ1) is 16.1. The van der Waals surface area contributed by atoms with Crippen molar-refractivity contribution in [2.75, 3.05) is 6.54 Å². The van der Waals surface area contributed by atoms with E-state index in [1.54, 1.807) is 17.5 Å². The maximum atomic E-state index is 12.2. The van der Waals surface area contributed by atoms with E-state index in [2.05, 4.69) is 27.6 Å². The number of hydrogen-bond donors (Lipinski definition) is 1. The van der Waals surface area contributed by atoms with Gasteiger partial charge in [-0.3, -0.25) is 9.78 Å². The lowest BCUT2D eigenvalue weighted by atomic mass is 9.92. The lowest BCUT2D eigenvalue weighted by Crippen LogP contribution is -2.34. The number of nitrogens with one attached hydrogen (secondary N) is 1. The highest BCUT2D eigenvalue weighted by Gasteiger charge is 2.26. The van der Waals surface area contributed by atoms with E-state index in [0.717, 1.165) is 22.8 Å². The van der Waals surface area contributed by atoms with E-state index in [1.165, 1.54) is 25.7 Å². The number of aromatic nitrogens is 2. The lowest BCUT2D eigenvalue weighted by Gasteiger charge is -2.17. The summed E-state index contributed by atoms with van der Waals surface area (Å²) in [4.78, 5) is 21.1. The van der Waals surface area contributed by atoms with E-state index in [1.807, 2.05) is 18.2 Å². The van der Waals surface area contributed by atoms with Gasteiger partial charge in [0.15, 0.2) is 0 Å². The summed E-state index contributed by atoms with van der Waals surface area (Å²) >= 11 is 1.60. The number of amides is 1. The van der Waals surface area contributed by atoms with Gasteiger partial charge in [0.05, 0.1) is 11.4 Å².